The second kappa shape index (κ2) is 8.35. The summed E-state index contributed by atoms with van der Waals surface area (Å²) in [5.74, 6) is 0. The first-order valence-corrected chi connectivity index (χ1v) is 7.72. The minimum absolute atomic E-state index is 0.0562. The summed E-state index contributed by atoms with van der Waals surface area (Å²) in [4.78, 5) is 4.55. The summed E-state index contributed by atoms with van der Waals surface area (Å²) < 4.78 is 11.1. The molecule has 1 saturated heterocycles. The molecule has 4 heteroatoms. The fraction of sp³-hybridized carbons (Fsp3) is 0.688. The molecule has 0 radical (unpaired) electrons. The summed E-state index contributed by atoms with van der Waals surface area (Å²) in [5, 5.41) is 3.57. The summed E-state index contributed by atoms with van der Waals surface area (Å²) in [7, 11) is 0. The lowest BCUT2D eigenvalue weighted by atomic mass is 10.1. The number of ether oxygens (including phenoxy) is 2. The van der Waals surface area contributed by atoms with Crippen molar-refractivity contribution in [3.05, 3.63) is 29.6 Å². The Morgan fingerprint density at radius 1 is 1.30 bits per heavy atom. The van der Waals surface area contributed by atoms with Crippen LogP contribution in [0.25, 0.3) is 0 Å². The number of aryl methyl sites for hydroxylation is 1. The molecule has 0 amide bonds. The van der Waals surface area contributed by atoms with E-state index in [-0.39, 0.29) is 6.29 Å². The highest BCUT2D eigenvalue weighted by molar-refractivity contribution is 5.14. The Morgan fingerprint density at radius 3 is 2.70 bits per heavy atom. The average Bonchev–Trinajstić information content (AvgIpc) is 2.98. The van der Waals surface area contributed by atoms with Crippen molar-refractivity contribution < 1.29 is 9.47 Å². The molecule has 2 heterocycles. The minimum Gasteiger partial charge on any atom is -0.350 e. The molecule has 112 valence electrons. The van der Waals surface area contributed by atoms with Crippen LogP contribution in [0.15, 0.2) is 18.3 Å². The van der Waals surface area contributed by atoms with Gasteiger partial charge in [-0.05, 0) is 31.0 Å². The lowest BCUT2D eigenvalue weighted by Gasteiger charge is -2.21. The van der Waals surface area contributed by atoms with Crippen molar-refractivity contribution in [3.8, 4) is 0 Å². The van der Waals surface area contributed by atoms with Gasteiger partial charge in [0.1, 0.15) is 0 Å². The number of hydrogen-bond acceptors (Lipinski definition) is 4. The van der Waals surface area contributed by atoms with E-state index < -0.39 is 0 Å². The molecule has 1 unspecified atom stereocenters. The second-order valence-electron chi connectivity index (χ2n) is 5.27. The number of rotatable bonds is 8. The minimum atomic E-state index is -0.0562. The molecule has 2 rings (SSSR count). The van der Waals surface area contributed by atoms with E-state index in [2.05, 4.69) is 36.3 Å². The molecule has 0 aliphatic carbocycles. The van der Waals surface area contributed by atoms with Crippen LogP contribution in [0.4, 0.5) is 0 Å². The molecule has 1 atom stereocenters. The van der Waals surface area contributed by atoms with Crippen molar-refractivity contribution >= 4 is 0 Å². The summed E-state index contributed by atoms with van der Waals surface area (Å²) >= 11 is 0. The molecular formula is C16H26N2O2. The molecule has 1 aliphatic rings. The van der Waals surface area contributed by atoms with Crippen molar-refractivity contribution in [1.82, 2.24) is 10.3 Å². The van der Waals surface area contributed by atoms with Crippen molar-refractivity contribution in [2.24, 2.45) is 0 Å². The monoisotopic (exact) mass is 278 g/mol. The summed E-state index contributed by atoms with van der Waals surface area (Å²) in [6.45, 7) is 6.78. The van der Waals surface area contributed by atoms with Crippen molar-refractivity contribution in [2.45, 2.75) is 51.9 Å². The molecule has 1 aromatic rings. The summed E-state index contributed by atoms with van der Waals surface area (Å²) in [5.41, 5.74) is 2.42. The first-order valence-electron chi connectivity index (χ1n) is 7.72. The highest BCUT2D eigenvalue weighted by Crippen LogP contribution is 2.14. The normalized spacial score (nSPS) is 17.5. The van der Waals surface area contributed by atoms with E-state index in [1.807, 2.05) is 6.20 Å². The van der Waals surface area contributed by atoms with Crippen LogP contribution in [0.3, 0.4) is 0 Å². The van der Waals surface area contributed by atoms with Crippen LogP contribution >= 0.6 is 0 Å². The average molecular weight is 278 g/mol. The standard InChI is InChI=1S/C16H26N2O2/c1-3-7-17-15(11-16-19-8-9-20-16)10-14-6-5-13(4-2)12-18-14/h5-6,12,15-17H,3-4,7-11H2,1-2H3. The van der Waals surface area contributed by atoms with Crippen LogP contribution < -0.4 is 5.32 Å². The molecule has 1 aliphatic heterocycles. The van der Waals surface area contributed by atoms with Crippen LogP contribution in [0.2, 0.25) is 0 Å². The van der Waals surface area contributed by atoms with Gasteiger partial charge in [0.25, 0.3) is 0 Å². The molecule has 4 nitrogen and oxygen atoms in total. The molecule has 1 fully saturated rings. The maximum absolute atomic E-state index is 5.55. The zero-order valence-corrected chi connectivity index (χ0v) is 12.6. The molecule has 0 bridgehead atoms. The number of nitrogens with zero attached hydrogens (tertiary/aromatic N) is 1. The van der Waals surface area contributed by atoms with E-state index in [4.69, 9.17) is 9.47 Å². The quantitative estimate of drug-likeness (QED) is 0.792. The van der Waals surface area contributed by atoms with Gasteiger partial charge in [-0.25, -0.2) is 0 Å². The fourth-order valence-electron chi connectivity index (χ4n) is 2.40. The van der Waals surface area contributed by atoms with Crippen LogP contribution in [-0.4, -0.2) is 37.1 Å². The topological polar surface area (TPSA) is 43.4 Å². The van der Waals surface area contributed by atoms with Crippen LogP contribution in [0, 0.1) is 0 Å². The summed E-state index contributed by atoms with van der Waals surface area (Å²) in [6.07, 6.45) is 5.90. The Hall–Kier alpha value is -0.970. The molecule has 0 spiro atoms. The Bertz CT molecular complexity index is 375. The lowest BCUT2D eigenvalue weighted by molar-refractivity contribution is -0.0526. The van der Waals surface area contributed by atoms with E-state index in [1.54, 1.807) is 0 Å². The fourth-order valence-corrected chi connectivity index (χ4v) is 2.40. The number of pyridine rings is 1. The lowest BCUT2D eigenvalue weighted by Crippen LogP contribution is -2.35. The van der Waals surface area contributed by atoms with Gasteiger partial charge in [-0.15, -0.1) is 0 Å². The maximum Gasteiger partial charge on any atom is 0.159 e. The molecule has 1 N–H and O–H groups in total. The maximum atomic E-state index is 5.55. The zero-order valence-electron chi connectivity index (χ0n) is 12.6. The third kappa shape index (κ3) is 4.85. The number of nitrogens with one attached hydrogen (secondary N) is 1. The van der Waals surface area contributed by atoms with Crippen molar-refractivity contribution in [1.29, 1.82) is 0 Å². The smallest absolute Gasteiger partial charge is 0.159 e. The molecule has 0 saturated carbocycles. The highest BCUT2D eigenvalue weighted by Gasteiger charge is 2.21. The SMILES string of the molecule is CCCNC(Cc1ccc(CC)cn1)CC1OCCO1. The third-order valence-electron chi connectivity index (χ3n) is 3.60. The Morgan fingerprint density at radius 2 is 2.10 bits per heavy atom. The van der Waals surface area contributed by atoms with Crippen LogP contribution in [0.5, 0.6) is 0 Å². The first kappa shape index (κ1) is 15.4. The zero-order chi connectivity index (χ0) is 14.2. The van der Waals surface area contributed by atoms with Gasteiger partial charge >= 0.3 is 0 Å². The predicted octanol–water partition coefficient (Wildman–Crippen LogP) is 2.32. The highest BCUT2D eigenvalue weighted by atomic mass is 16.7. The van der Waals surface area contributed by atoms with Gasteiger partial charge in [0, 0.05) is 30.8 Å². The van der Waals surface area contributed by atoms with Gasteiger partial charge in [-0.1, -0.05) is 19.9 Å². The second-order valence-corrected chi connectivity index (χ2v) is 5.27. The van der Waals surface area contributed by atoms with Gasteiger partial charge in [-0.3, -0.25) is 4.98 Å². The summed E-state index contributed by atoms with van der Waals surface area (Å²) in [6, 6.07) is 4.66. The van der Waals surface area contributed by atoms with Crippen LogP contribution in [0.1, 0.15) is 37.9 Å². The molecule has 0 aromatic carbocycles. The Labute approximate surface area is 121 Å². The number of aromatic nitrogens is 1. The molecular weight excluding hydrogens is 252 g/mol. The van der Waals surface area contributed by atoms with Gasteiger partial charge in [-0.2, -0.15) is 0 Å². The predicted molar refractivity (Wildman–Crippen MR) is 79.7 cm³/mol. The van der Waals surface area contributed by atoms with E-state index in [1.165, 1.54) is 5.56 Å². The van der Waals surface area contributed by atoms with Gasteiger partial charge in [0.2, 0.25) is 0 Å². The van der Waals surface area contributed by atoms with E-state index in [0.29, 0.717) is 19.3 Å². The first-order chi connectivity index (χ1) is 9.81. The van der Waals surface area contributed by atoms with Crippen LogP contribution in [-0.2, 0) is 22.3 Å². The Balaban J connectivity index is 1.90. The van der Waals surface area contributed by atoms with Gasteiger partial charge in [0.15, 0.2) is 6.29 Å². The van der Waals surface area contributed by atoms with E-state index in [9.17, 15) is 0 Å². The van der Waals surface area contributed by atoms with E-state index in [0.717, 1.165) is 37.9 Å². The molecule has 1 aromatic heterocycles. The van der Waals surface area contributed by atoms with Crippen molar-refractivity contribution in [3.63, 3.8) is 0 Å². The third-order valence-corrected chi connectivity index (χ3v) is 3.60. The number of hydrogen-bond donors (Lipinski definition) is 1. The van der Waals surface area contributed by atoms with Gasteiger partial charge in [0.05, 0.1) is 13.2 Å². The largest absolute Gasteiger partial charge is 0.350 e. The van der Waals surface area contributed by atoms with E-state index >= 15 is 0 Å². The molecule has 20 heavy (non-hydrogen) atoms. The van der Waals surface area contributed by atoms with Crippen molar-refractivity contribution in [2.75, 3.05) is 19.8 Å². The van der Waals surface area contributed by atoms with Gasteiger partial charge < -0.3 is 14.8 Å². The Kier molecular flexibility index (Phi) is 6.43.